The molecule has 0 bridgehead atoms. The molecule has 1 atom stereocenters. The number of halogens is 3. The van der Waals surface area contributed by atoms with Crippen LogP contribution in [-0.4, -0.2) is 55.4 Å². The van der Waals surface area contributed by atoms with Crippen molar-refractivity contribution in [3.8, 4) is 0 Å². The van der Waals surface area contributed by atoms with E-state index in [0.29, 0.717) is 11.6 Å². The molecule has 1 amide bonds. The summed E-state index contributed by atoms with van der Waals surface area (Å²) in [6, 6.07) is 0. The maximum Gasteiger partial charge on any atom is 0.405 e. The second-order valence-corrected chi connectivity index (χ2v) is 6.89. The zero-order valence-electron chi connectivity index (χ0n) is 14.0. The van der Waals surface area contributed by atoms with Crippen molar-refractivity contribution in [2.75, 3.05) is 13.1 Å². The van der Waals surface area contributed by atoms with Gasteiger partial charge in [0.2, 0.25) is 11.8 Å². The number of nitrogens with one attached hydrogen (secondary N) is 1. The first-order valence-electron chi connectivity index (χ1n) is 8.35. The first kappa shape index (κ1) is 17.0. The third kappa shape index (κ3) is 2.84. The molecule has 1 saturated heterocycles. The van der Waals surface area contributed by atoms with E-state index in [-0.39, 0.29) is 31.1 Å². The number of hydrogen-bond acceptors (Lipinski definition) is 6. The third-order valence-electron chi connectivity index (χ3n) is 4.91. The predicted octanol–water partition coefficient (Wildman–Crippen LogP) is 1.65. The molecule has 4 rings (SSSR count). The summed E-state index contributed by atoms with van der Waals surface area (Å²) in [5.74, 6) is 0.298. The highest BCUT2D eigenvalue weighted by atomic mass is 19.4. The molecule has 1 N–H and O–H groups in total. The molecule has 1 aliphatic heterocycles. The van der Waals surface area contributed by atoms with Gasteiger partial charge in [0.15, 0.2) is 17.1 Å². The molecular formula is C15H17F3N6O2. The lowest BCUT2D eigenvalue weighted by Crippen LogP contribution is -2.46. The highest BCUT2D eigenvalue weighted by Gasteiger charge is 2.63. The van der Waals surface area contributed by atoms with Crippen molar-refractivity contribution < 1.29 is 22.5 Å². The molecule has 140 valence electrons. The zero-order chi connectivity index (χ0) is 18.5. The minimum atomic E-state index is -4.60. The summed E-state index contributed by atoms with van der Waals surface area (Å²) in [6.45, 7) is 1.10. The summed E-state index contributed by atoms with van der Waals surface area (Å²) in [6.07, 6.45) is -3.34. The van der Waals surface area contributed by atoms with Crippen LogP contribution in [0.4, 0.5) is 13.2 Å². The fourth-order valence-corrected chi connectivity index (χ4v) is 3.20. The van der Waals surface area contributed by atoms with E-state index in [0.717, 1.165) is 12.8 Å². The SMILES string of the molecule is Cc1nc(CC(=O)N2CCC(c3nc(C4CC4)no3)(C(F)(F)F)C2)n[nH]1. The lowest BCUT2D eigenvalue weighted by Gasteiger charge is -2.27. The van der Waals surface area contributed by atoms with Crippen LogP contribution in [0.2, 0.25) is 0 Å². The number of aromatic nitrogens is 5. The van der Waals surface area contributed by atoms with E-state index in [1.54, 1.807) is 6.92 Å². The monoisotopic (exact) mass is 370 g/mol. The molecule has 0 radical (unpaired) electrons. The average Bonchev–Trinajstić information content (AvgIpc) is 3.00. The quantitative estimate of drug-likeness (QED) is 0.878. The first-order chi connectivity index (χ1) is 12.3. The smallest absolute Gasteiger partial charge is 0.341 e. The van der Waals surface area contributed by atoms with E-state index in [1.165, 1.54) is 4.90 Å². The number of alkyl halides is 3. The first-order valence-corrected chi connectivity index (χ1v) is 8.35. The Labute approximate surface area is 146 Å². The number of likely N-dealkylation sites (tertiary alicyclic amines) is 1. The van der Waals surface area contributed by atoms with Crippen molar-refractivity contribution >= 4 is 5.91 Å². The Kier molecular flexibility index (Phi) is 3.77. The van der Waals surface area contributed by atoms with Crippen molar-refractivity contribution in [1.29, 1.82) is 0 Å². The normalized spacial score (nSPS) is 23.6. The lowest BCUT2D eigenvalue weighted by molar-refractivity contribution is -0.193. The van der Waals surface area contributed by atoms with E-state index in [4.69, 9.17) is 4.52 Å². The van der Waals surface area contributed by atoms with Gasteiger partial charge in [-0.05, 0) is 26.2 Å². The van der Waals surface area contributed by atoms with Crippen LogP contribution in [0.1, 0.15) is 48.5 Å². The van der Waals surface area contributed by atoms with Gasteiger partial charge < -0.3 is 9.42 Å². The van der Waals surface area contributed by atoms with Crippen molar-refractivity contribution in [2.24, 2.45) is 0 Å². The number of H-pyrrole nitrogens is 1. The molecule has 2 fully saturated rings. The van der Waals surface area contributed by atoms with Gasteiger partial charge in [-0.3, -0.25) is 9.89 Å². The standard InChI is InChI=1S/C15H17F3N6O2/c1-8-19-10(22-21-8)6-11(25)24-5-4-14(7-24,15(16,17)18)13-20-12(23-26-13)9-2-3-9/h9H,2-7H2,1H3,(H,19,21,22). The zero-order valence-corrected chi connectivity index (χ0v) is 14.0. The van der Waals surface area contributed by atoms with Gasteiger partial charge in [-0.1, -0.05) is 5.16 Å². The number of carbonyl (C=O) groups excluding carboxylic acids is 1. The minimum Gasteiger partial charge on any atom is -0.341 e. The predicted molar refractivity (Wildman–Crippen MR) is 80.0 cm³/mol. The number of hydrogen-bond donors (Lipinski definition) is 1. The van der Waals surface area contributed by atoms with Gasteiger partial charge in [0.05, 0.1) is 6.42 Å². The molecular weight excluding hydrogens is 353 g/mol. The number of amides is 1. The number of rotatable bonds is 4. The molecule has 0 aromatic carbocycles. The number of aryl methyl sites for hydroxylation is 1. The van der Waals surface area contributed by atoms with Crippen LogP contribution in [0, 0.1) is 6.92 Å². The van der Waals surface area contributed by atoms with Crippen LogP contribution >= 0.6 is 0 Å². The van der Waals surface area contributed by atoms with Crippen molar-refractivity contribution in [1.82, 2.24) is 30.2 Å². The van der Waals surface area contributed by atoms with Gasteiger partial charge in [-0.2, -0.15) is 23.3 Å². The summed E-state index contributed by atoms with van der Waals surface area (Å²) in [5, 5.41) is 10.2. The Balaban J connectivity index is 1.55. The molecule has 26 heavy (non-hydrogen) atoms. The Bertz CT molecular complexity index is 827. The van der Waals surface area contributed by atoms with E-state index in [9.17, 15) is 18.0 Å². The molecule has 11 heteroatoms. The third-order valence-corrected chi connectivity index (χ3v) is 4.91. The molecule has 8 nitrogen and oxygen atoms in total. The molecule has 1 saturated carbocycles. The second-order valence-electron chi connectivity index (χ2n) is 6.89. The van der Waals surface area contributed by atoms with E-state index in [2.05, 4.69) is 25.3 Å². The number of nitrogens with zero attached hydrogens (tertiary/aromatic N) is 5. The number of aromatic amines is 1. The summed E-state index contributed by atoms with van der Waals surface area (Å²) in [5.41, 5.74) is -2.32. The van der Waals surface area contributed by atoms with E-state index < -0.39 is 29.9 Å². The van der Waals surface area contributed by atoms with Crippen molar-refractivity contribution in [3.63, 3.8) is 0 Å². The van der Waals surface area contributed by atoms with Gasteiger partial charge in [0.25, 0.3) is 0 Å². The van der Waals surface area contributed by atoms with Crippen LogP contribution in [0.5, 0.6) is 0 Å². The highest BCUT2D eigenvalue weighted by molar-refractivity contribution is 5.78. The van der Waals surface area contributed by atoms with Gasteiger partial charge >= 0.3 is 6.18 Å². The Morgan fingerprint density at radius 1 is 1.38 bits per heavy atom. The minimum absolute atomic E-state index is 0.0388. The Hall–Kier alpha value is -2.46. The Morgan fingerprint density at radius 2 is 2.15 bits per heavy atom. The maximum absolute atomic E-state index is 13.9. The highest BCUT2D eigenvalue weighted by Crippen LogP contribution is 2.48. The van der Waals surface area contributed by atoms with Crippen LogP contribution < -0.4 is 0 Å². The van der Waals surface area contributed by atoms with Gasteiger partial charge in [0.1, 0.15) is 5.82 Å². The largest absolute Gasteiger partial charge is 0.405 e. The fourth-order valence-electron chi connectivity index (χ4n) is 3.20. The Morgan fingerprint density at radius 3 is 2.77 bits per heavy atom. The van der Waals surface area contributed by atoms with Gasteiger partial charge in [-0.25, -0.2) is 4.98 Å². The molecule has 1 aliphatic carbocycles. The molecule has 3 heterocycles. The average molecular weight is 370 g/mol. The van der Waals surface area contributed by atoms with E-state index in [1.807, 2.05) is 0 Å². The topological polar surface area (TPSA) is 101 Å². The van der Waals surface area contributed by atoms with Gasteiger partial charge in [0, 0.05) is 19.0 Å². The lowest BCUT2D eigenvalue weighted by atomic mass is 9.86. The number of carbonyl (C=O) groups is 1. The summed E-state index contributed by atoms with van der Waals surface area (Å²) in [4.78, 5) is 21.6. The fraction of sp³-hybridized carbons (Fsp3) is 0.667. The molecule has 1 unspecified atom stereocenters. The van der Waals surface area contributed by atoms with Crippen LogP contribution in [0.25, 0.3) is 0 Å². The molecule has 2 aromatic heterocycles. The molecule has 2 aliphatic rings. The van der Waals surface area contributed by atoms with Crippen LogP contribution in [0.3, 0.4) is 0 Å². The second kappa shape index (κ2) is 5.78. The van der Waals surface area contributed by atoms with Crippen LogP contribution in [-0.2, 0) is 16.6 Å². The van der Waals surface area contributed by atoms with Crippen molar-refractivity contribution in [3.05, 3.63) is 23.4 Å². The van der Waals surface area contributed by atoms with E-state index >= 15 is 0 Å². The van der Waals surface area contributed by atoms with Crippen molar-refractivity contribution in [2.45, 2.75) is 50.1 Å². The summed E-state index contributed by atoms with van der Waals surface area (Å²) >= 11 is 0. The molecule has 0 spiro atoms. The summed E-state index contributed by atoms with van der Waals surface area (Å²) in [7, 11) is 0. The van der Waals surface area contributed by atoms with Crippen LogP contribution in [0.15, 0.2) is 4.52 Å². The van der Waals surface area contributed by atoms with Gasteiger partial charge in [-0.15, -0.1) is 0 Å². The summed E-state index contributed by atoms with van der Waals surface area (Å²) < 4.78 is 46.7. The maximum atomic E-state index is 13.9. The molecule has 2 aromatic rings.